The van der Waals surface area contributed by atoms with Gasteiger partial charge in [0.05, 0.1) is 11.1 Å². The third-order valence-electron chi connectivity index (χ3n) is 11.1. The van der Waals surface area contributed by atoms with Crippen LogP contribution in [0.25, 0.3) is 55.3 Å². The second-order valence-electron chi connectivity index (χ2n) is 13.6. The molecule has 0 fully saturated rings. The van der Waals surface area contributed by atoms with Crippen molar-refractivity contribution in [3.8, 4) is 33.4 Å². The van der Waals surface area contributed by atoms with Crippen LogP contribution >= 0.6 is 0 Å². The maximum Gasteiger partial charge on any atom is 0.137 e. The topological polar surface area (TPSA) is 16.4 Å². The summed E-state index contributed by atoms with van der Waals surface area (Å²) in [6, 6.07) is 68.4. The van der Waals surface area contributed by atoms with Gasteiger partial charge in [-0.15, -0.1) is 0 Å². The van der Waals surface area contributed by atoms with Crippen LogP contribution in [-0.4, -0.2) is 0 Å². The Morgan fingerprint density at radius 1 is 0.373 bits per heavy atom. The highest BCUT2D eigenvalue weighted by atomic mass is 16.3. The van der Waals surface area contributed by atoms with Crippen LogP contribution in [0.4, 0.5) is 17.1 Å². The summed E-state index contributed by atoms with van der Waals surface area (Å²) in [4.78, 5) is 2.43. The van der Waals surface area contributed by atoms with Crippen molar-refractivity contribution >= 4 is 39.0 Å². The second kappa shape index (κ2) is 10.7. The highest BCUT2D eigenvalue weighted by Crippen LogP contribution is 2.65. The van der Waals surface area contributed by atoms with Crippen molar-refractivity contribution in [2.24, 2.45) is 0 Å². The first-order valence-corrected chi connectivity index (χ1v) is 17.6. The number of rotatable bonds is 5. The first-order chi connectivity index (χ1) is 25.3. The normalized spacial score (nSPS) is 13.3. The number of para-hydroxylation sites is 2. The summed E-state index contributed by atoms with van der Waals surface area (Å²) < 4.78 is 6.48. The van der Waals surface area contributed by atoms with E-state index in [-0.39, 0.29) is 0 Å². The lowest BCUT2D eigenvalue weighted by Gasteiger charge is -2.36. The first kappa shape index (κ1) is 28.2. The Kier molecular flexibility index (Phi) is 5.91. The fraction of sp³-hybridized carbons (Fsp3) is 0.0204. The SMILES string of the molecule is c1ccc(-c2ccc(N(c3ccc4c(c3)oc3ccccc34)c3ccccc3C34c5ccccc5-c5cccc(c53)-c3ccccc34)cc2)cc1. The number of hydrogen-bond acceptors (Lipinski definition) is 2. The number of benzene rings is 8. The Labute approximate surface area is 296 Å². The minimum atomic E-state index is -0.485. The van der Waals surface area contributed by atoms with Gasteiger partial charge < -0.3 is 9.32 Å². The van der Waals surface area contributed by atoms with Crippen LogP contribution in [0, 0.1) is 0 Å². The van der Waals surface area contributed by atoms with Gasteiger partial charge in [-0.05, 0) is 92.0 Å². The van der Waals surface area contributed by atoms with Gasteiger partial charge in [-0.1, -0.05) is 146 Å². The first-order valence-electron chi connectivity index (χ1n) is 17.6. The Balaban J connectivity index is 1.20. The van der Waals surface area contributed by atoms with E-state index in [4.69, 9.17) is 4.42 Å². The summed E-state index contributed by atoms with van der Waals surface area (Å²) in [6.45, 7) is 0. The molecule has 8 aromatic carbocycles. The van der Waals surface area contributed by atoms with E-state index in [9.17, 15) is 0 Å². The molecule has 1 aromatic heterocycles. The van der Waals surface area contributed by atoms with E-state index in [1.807, 2.05) is 12.1 Å². The molecule has 0 radical (unpaired) electrons. The highest BCUT2D eigenvalue weighted by Gasteiger charge is 2.53. The molecule has 11 rings (SSSR count). The molecule has 0 spiro atoms. The Bertz CT molecular complexity index is 2740. The molecule has 9 aromatic rings. The second-order valence-corrected chi connectivity index (χ2v) is 13.6. The quantitative estimate of drug-likeness (QED) is 0.184. The molecule has 0 atom stereocenters. The van der Waals surface area contributed by atoms with Gasteiger partial charge in [-0.25, -0.2) is 0 Å². The van der Waals surface area contributed by atoms with Crippen LogP contribution in [0.15, 0.2) is 192 Å². The van der Waals surface area contributed by atoms with Gasteiger partial charge in [0.2, 0.25) is 0 Å². The molecule has 51 heavy (non-hydrogen) atoms. The van der Waals surface area contributed by atoms with E-state index >= 15 is 0 Å². The summed E-state index contributed by atoms with van der Waals surface area (Å²) in [5.74, 6) is 0. The standard InChI is InChI=1S/C49H31NO/c1-2-13-32(14-3-1)33-25-27-34(28-26-33)50(35-29-30-39-38-17-6-11-24-46(38)51-47(39)31-35)45-23-10-9-22-44(45)49-42-20-7-4-15-36(42)40-18-12-19-41(48(40)49)37-16-5-8-21-43(37)49/h1-31H. The molecular formula is C49H31NO. The van der Waals surface area contributed by atoms with E-state index in [1.54, 1.807) is 0 Å². The Hall–Kier alpha value is -6.64. The molecule has 0 unspecified atom stereocenters. The largest absolute Gasteiger partial charge is 0.456 e. The van der Waals surface area contributed by atoms with E-state index < -0.39 is 5.41 Å². The average molecular weight is 650 g/mol. The molecule has 2 aliphatic rings. The van der Waals surface area contributed by atoms with Crippen LogP contribution in [0.1, 0.15) is 22.3 Å². The predicted molar refractivity (Wildman–Crippen MR) is 210 cm³/mol. The summed E-state index contributed by atoms with van der Waals surface area (Å²) in [5, 5.41) is 2.25. The van der Waals surface area contributed by atoms with Crippen LogP contribution in [0.5, 0.6) is 0 Å². The summed E-state index contributed by atoms with van der Waals surface area (Å²) >= 11 is 0. The molecule has 238 valence electrons. The molecule has 2 heteroatoms. The van der Waals surface area contributed by atoms with E-state index in [1.165, 1.54) is 55.6 Å². The summed E-state index contributed by atoms with van der Waals surface area (Å²) in [7, 11) is 0. The van der Waals surface area contributed by atoms with Crippen LogP contribution < -0.4 is 4.90 Å². The zero-order chi connectivity index (χ0) is 33.5. The minimum Gasteiger partial charge on any atom is -0.456 e. The van der Waals surface area contributed by atoms with Gasteiger partial charge >= 0.3 is 0 Å². The highest BCUT2D eigenvalue weighted by molar-refractivity contribution is 6.06. The van der Waals surface area contributed by atoms with E-state index in [2.05, 4.69) is 181 Å². The van der Waals surface area contributed by atoms with Crippen molar-refractivity contribution in [2.45, 2.75) is 5.41 Å². The molecule has 1 heterocycles. The molecule has 0 saturated carbocycles. The van der Waals surface area contributed by atoms with Crippen LogP contribution in [0.2, 0.25) is 0 Å². The summed E-state index contributed by atoms with van der Waals surface area (Å²) in [5.41, 5.74) is 17.5. The number of nitrogens with zero attached hydrogens (tertiary/aromatic N) is 1. The maximum atomic E-state index is 6.48. The zero-order valence-electron chi connectivity index (χ0n) is 27.8. The monoisotopic (exact) mass is 649 g/mol. The molecule has 0 bridgehead atoms. The molecule has 0 amide bonds. The third-order valence-corrected chi connectivity index (χ3v) is 11.1. The van der Waals surface area contributed by atoms with Crippen molar-refractivity contribution in [1.29, 1.82) is 0 Å². The Morgan fingerprint density at radius 2 is 0.922 bits per heavy atom. The molecule has 0 saturated heterocycles. The van der Waals surface area contributed by atoms with Crippen molar-refractivity contribution < 1.29 is 4.42 Å². The molecule has 2 aliphatic carbocycles. The van der Waals surface area contributed by atoms with E-state index in [0.29, 0.717) is 0 Å². The smallest absolute Gasteiger partial charge is 0.137 e. The van der Waals surface area contributed by atoms with Gasteiger partial charge in [0, 0.05) is 28.2 Å². The maximum absolute atomic E-state index is 6.48. The molecule has 2 nitrogen and oxygen atoms in total. The van der Waals surface area contributed by atoms with E-state index in [0.717, 1.165) is 39.0 Å². The minimum absolute atomic E-state index is 0.485. The van der Waals surface area contributed by atoms with Crippen molar-refractivity contribution in [1.82, 2.24) is 0 Å². The number of anilines is 3. The van der Waals surface area contributed by atoms with Gasteiger partial charge in [0.1, 0.15) is 11.2 Å². The fourth-order valence-electron chi connectivity index (χ4n) is 9.03. The zero-order valence-corrected chi connectivity index (χ0v) is 27.8. The third kappa shape index (κ3) is 3.87. The lowest BCUT2D eigenvalue weighted by atomic mass is 9.69. The predicted octanol–water partition coefficient (Wildman–Crippen LogP) is 13.1. The average Bonchev–Trinajstić information content (AvgIpc) is 3.83. The van der Waals surface area contributed by atoms with Crippen molar-refractivity contribution in [3.63, 3.8) is 0 Å². The number of hydrogen-bond donors (Lipinski definition) is 0. The van der Waals surface area contributed by atoms with Crippen LogP contribution in [-0.2, 0) is 5.41 Å². The lowest BCUT2D eigenvalue weighted by molar-refractivity contribution is 0.669. The van der Waals surface area contributed by atoms with Crippen molar-refractivity contribution in [3.05, 3.63) is 210 Å². The fourth-order valence-corrected chi connectivity index (χ4v) is 9.03. The van der Waals surface area contributed by atoms with Crippen LogP contribution in [0.3, 0.4) is 0 Å². The number of fused-ring (bicyclic) bond motifs is 9. The molecule has 0 N–H and O–H groups in total. The summed E-state index contributed by atoms with van der Waals surface area (Å²) in [6.07, 6.45) is 0. The van der Waals surface area contributed by atoms with Gasteiger partial charge in [0.25, 0.3) is 0 Å². The van der Waals surface area contributed by atoms with Crippen molar-refractivity contribution in [2.75, 3.05) is 4.90 Å². The van der Waals surface area contributed by atoms with Gasteiger partial charge in [-0.3, -0.25) is 0 Å². The number of furan rings is 1. The van der Waals surface area contributed by atoms with Gasteiger partial charge in [-0.2, -0.15) is 0 Å². The Morgan fingerprint density at radius 3 is 1.67 bits per heavy atom. The molecule has 0 aliphatic heterocycles. The lowest BCUT2D eigenvalue weighted by Crippen LogP contribution is -2.28. The van der Waals surface area contributed by atoms with Gasteiger partial charge in [0.15, 0.2) is 0 Å². The molecular weight excluding hydrogens is 619 g/mol.